The highest BCUT2D eigenvalue weighted by molar-refractivity contribution is 5.90. The second-order valence-corrected chi connectivity index (χ2v) is 8.11. The first-order valence-electron chi connectivity index (χ1n) is 10.2. The van der Waals surface area contributed by atoms with Gasteiger partial charge in [-0.2, -0.15) is 4.98 Å². The fraction of sp³-hybridized carbons (Fsp3) is 0.619. The van der Waals surface area contributed by atoms with Gasteiger partial charge in [-0.1, -0.05) is 12.1 Å². The van der Waals surface area contributed by atoms with E-state index < -0.39 is 0 Å². The largest absolute Gasteiger partial charge is 0.381 e. The third-order valence-electron chi connectivity index (χ3n) is 5.79. The highest BCUT2D eigenvalue weighted by atomic mass is 16.5. The Morgan fingerprint density at radius 3 is 2.56 bits per heavy atom. The van der Waals surface area contributed by atoms with E-state index in [0.29, 0.717) is 18.0 Å². The van der Waals surface area contributed by atoms with E-state index >= 15 is 0 Å². The molecular formula is C21H31N5O. The van der Waals surface area contributed by atoms with E-state index in [9.17, 15) is 0 Å². The summed E-state index contributed by atoms with van der Waals surface area (Å²) in [6.07, 6.45) is 5.94. The number of benzene rings is 1. The molecule has 1 aliphatic heterocycles. The van der Waals surface area contributed by atoms with E-state index in [-0.39, 0.29) is 0 Å². The molecule has 2 aromatic rings. The molecule has 1 aromatic carbocycles. The molecule has 0 amide bonds. The summed E-state index contributed by atoms with van der Waals surface area (Å²) >= 11 is 0. The van der Waals surface area contributed by atoms with Crippen LogP contribution in [0.25, 0.3) is 10.9 Å². The average Bonchev–Trinajstić information content (AvgIpc) is 3.20. The maximum Gasteiger partial charge on any atom is 0.225 e. The van der Waals surface area contributed by atoms with E-state index in [0.717, 1.165) is 55.3 Å². The molecule has 1 aliphatic carbocycles. The number of nitrogens with zero attached hydrogens (tertiary/aromatic N) is 3. The van der Waals surface area contributed by atoms with Crippen LogP contribution in [-0.4, -0.2) is 55.9 Å². The Kier molecular flexibility index (Phi) is 5.74. The van der Waals surface area contributed by atoms with Crippen molar-refractivity contribution < 1.29 is 4.74 Å². The average molecular weight is 370 g/mol. The summed E-state index contributed by atoms with van der Waals surface area (Å²) in [6.45, 7) is 2.96. The zero-order valence-corrected chi connectivity index (χ0v) is 16.4. The summed E-state index contributed by atoms with van der Waals surface area (Å²) in [7, 11) is 4.07. The number of para-hydroxylation sites is 1. The lowest BCUT2D eigenvalue weighted by molar-refractivity contribution is 0.183. The van der Waals surface area contributed by atoms with Crippen molar-refractivity contribution in [3.63, 3.8) is 0 Å². The number of hydrogen-bond donors (Lipinski definition) is 2. The van der Waals surface area contributed by atoms with Gasteiger partial charge in [0.2, 0.25) is 5.95 Å². The van der Waals surface area contributed by atoms with Crippen LogP contribution in [0.5, 0.6) is 0 Å². The minimum absolute atomic E-state index is 0.453. The summed E-state index contributed by atoms with van der Waals surface area (Å²) < 4.78 is 5.47. The van der Waals surface area contributed by atoms with E-state index in [1.165, 1.54) is 19.3 Å². The zero-order valence-electron chi connectivity index (χ0n) is 16.4. The van der Waals surface area contributed by atoms with Crippen molar-refractivity contribution >= 4 is 22.7 Å². The van der Waals surface area contributed by atoms with Gasteiger partial charge in [0.15, 0.2) is 0 Å². The lowest BCUT2D eigenvalue weighted by atomic mass is 9.91. The van der Waals surface area contributed by atoms with Crippen molar-refractivity contribution in [2.75, 3.05) is 44.1 Å². The normalized spacial score (nSPS) is 25.6. The van der Waals surface area contributed by atoms with Crippen molar-refractivity contribution in [3.8, 4) is 0 Å². The maximum atomic E-state index is 5.47. The molecule has 0 radical (unpaired) electrons. The van der Waals surface area contributed by atoms with Gasteiger partial charge in [0.05, 0.1) is 12.1 Å². The van der Waals surface area contributed by atoms with Crippen LogP contribution in [0, 0.1) is 5.92 Å². The number of ether oxygens (including phenoxy) is 1. The molecule has 1 atom stereocenters. The smallest absolute Gasteiger partial charge is 0.225 e. The van der Waals surface area contributed by atoms with Gasteiger partial charge in [-0.25, -0.2) is 4.98 Å². The van der Waals surface area contributed by atoms with Crippen LogP contribution < -0.4 is 15.5 Å². The van der Waals surface area contributed by atoms with Gasteiger partial charge in [0, 0.05) is 44.7 Å². The van der Waals surface area contributed by atoms with Crippen molar-refractivity contribution in [1.82, 2.24) is 15.3 Å². The number of anilines is 2. The molecule has 6 nitrogen and oxygen atoms in total. The predicted octanol–water partition coefficient (Wildman–Crippen LogP) is 3.05. The van der Waals surface area contributed by atoms with Crippen LogP contribution in [0.2, 0.25) is 0 Å². The molecule has 1 unspecified atom stereocenters. The second kappa shape index (κ2) is 8.40. The van der Waals surface area contributed by atoms with Crippen molar-refractivity contribution in [2.45, 2.75) is 44.2 Å². The third-order valence-corrected chi connectivity index (χ3v) is 5.79. The van der Waals surface area contributed by atoms with Crippen LogP contribution in [0.15, 0.2) is 24.3 Å². The summed E-state index contributed by atoms with van der Waals surface area (Å²) in [6, 6.07) is 9.30. The molecule has 6 heteroatoms. The fourth-order valence-electron chi connectivity index (χ4n) is 4.17. The Hall–Kier alpha value is -1.92. The van der Waals surface area contributed by atoms with Crippen LogP contribution in [0.4, 0.5) is 11.8 Å². The quantitative estimate of drug-likeness (QED) is 0.816. The Morgan fingerprint density at radius 1 is 1.04 bits per heavy atom. The molecule has 0 bridgehead atoms. The summed E-state index contributed by atoms with van der Waals surface area (Å²) in [4.78, 5) is 11.6. The van der Waals surface area contributed by atoms with Gasteiger partial charge in [0.1, 0.15) is 5.82 Å². The molecule has 1 saturated heterocycles. The van der Waals surface area contributed by atoms with Crippen LogP contribution in [-0.2, 0) is 4.74 Å². The molecular weight excluding hydrogens is 338 g/mol. The van der Waals surface area contributed by atoms with Gasteiger partial charge >= 0.3 is 0 Å². The SMILES string of the molecule is CN(C)c1nc(N[C@H]2CC[C@@H](NCC3CCOC3)CC2)nc2ccccc12. The fourth-order valence-corrected chi connectivity index (χ4v) is 4.17. The molecule has 0 spiro atoms. The first kappa shape index (κ1) is 18.4. The minimum atomic E-state index is 0.453. The van der Waals surface area contributed by atoms with Gasteiger partial charge < -0.3 is 20.3 Å². The van der Waals surface area contributed by atoms with Crippen molar-refractivity contribution in [1.29, 1.82) is 0 Å². The molecule has 2 heterocycles. The molecule has 2 aliphatic rings. The summed E-state index contributed by atoms with van der Waals surface area (Å²) in [5, 5.41) is 8.43. The first-order chi connectivity index (χ1) is 13.2. The Bertz CT molecular complexity index is 751. The monoisotopic (exact) mass is 369 g/mol. The van der Waals surface area contributed by atoms with Gasteiger partial charge in [-0.05, 0) is 50.2 Å². The number of rotatable bonds is 6. The number of hydrogen-bond acceptors (Lipinski definition) is 6. The number of fused-ring (bicyclic) bond motifs is 1. The molecule has 2 fully saturated rings. The topological polar surface area (TPSA) is 62.3 Å². The molecule has 2 N–H and O–H groups in total. The van der Waals surface area contributed by atoms with E-state index in [4.69, 9.17) is 14.7 Å². The molecule has 27 heavy (non-hydrogen) atoms. The second-order valence-electron chi connectivity index (χ2n) is 8.11. The number of aromatic nitrogens is 2. The Balaban J connectivity index is 1.34. The molecule has 1 aromatic heterocycles. The molecule has 146 valence electrons. The molecule has 4 rings (SSSR count). The summed E-state index contributed by atoms with van der Waals surface area (Å²) in [5.74, 6) is 2.42. The van der Waals surface area contributed by atoms with Crippen LogP contribution in [0.1, 0.15) is 32.1 Å². The Morgan fingerprint density at radius 2 is 1.81 bits per heavy atom. The summed E-state index contributed by atoms with van der Waals surface area (Å²) in [5.41, 5.74) is 0.993. The molecule has 1 saturated carbocycles. The van der Waals surface area contributed by atoms with Gasteiger partial charge in [-0.15, -0.1) is 0 Å². The highest BCUT2D eigenvalue weighted by Gasteiger charge is 2.23. The predicted molar refractivity (Wildman–Crippen MR) is 110 cm³/mol. The Labute approximate surface area is 161 Å². The van der Waals surface area contributed by atoms with E-state index in [1.54, 1.807) is 0 Å². The van der Waals surface area contributed by atoms with E-state index in [1.807, 2.05) is 26.2 Å². The highest BCUT2D eigenvalue weighted by Crippen LogP contribution is 2.26. The minimum Gasteiger partial charge on any atom is -0.381 e. The van der Waals surface area contributed by atoms with Crippen LogP contribution in [0.3, 0.4) is 0 Å². The zero-order chi connectivity index (χ0) is 18.6. The van der Waals surface area contributed by atoms with Crippen molar-refractivity contribution in [2.24, 2.45) is 5.92 Å². The van der Waals surface area contributed by atoms with Gasteiger partial charge in [-0.3, -0.25) is 0 Å². The lowest BCUT2D eigenvalue weighted by Gasteiger charge is -2.30. The van der Waals surface area contributed by atoms with Crippen molar-refractivity contribution in [3.05, 3.63) is 24.3 Å². The third kappa shape index (κ3) is 4.50. The first-order valence-corrected chi connectivity index (χ1v) is 10.2. The van der Waals surface area contributed by atoms with E-state index in [2.05, 4.69) is 27.7 Å². The van der Waals surface area contributed by atoms with Crippen LogP contribution >= 0.6 is 0 Å². The standard InChI is InChI=1S/C21H31N5O/c1-26(2)20-18-5-3-4-6-19(18)24-21(25-20)23-17-9-7-16(8-10-17)22-13-15-11-12-27-14-15/h3-6,15-17,22H,7-14H2,1-2H3,(H,23,24,25)/t15?,16-,17+. The lowest BCUT2D eigenvalue weighted by Crippen LogP contribution is -2.39. The number of nitrogens with one attached hydrogen (secondary N) is 2. The maximum absolute atomic E-state index is 5.47. The van der Waals surface area contributed by atoms with Gasteiger partial charge in [0.25, 0.3) is 0 Å².